The van der Waals surface area contributed by atoms with Gasteiger partial charge in [0.25, 0.3) is 5.91 Å². The van der Waals surface area contributed by atoms with Crippen molar-refractivity contribution in [2.75, 3.05) is 6.61 Å². The number of urea groups is 1. The number of ether oxygens (including phenoxy) is 4. The largest absolute Gasteiger partial charge is 0.463 e. The van der Waals surface area contributed by atoms with Crippen molar-refractivity contribution in [3.05, 3.63) is 0 Å². The zero-order chi connectivity index (χ0) is 21.9. The number of carbonyl (C=O) groups is 5. The first-order valence-electron chi connectivity index (χ1n) is 8.36. The average molecular weight is 417 g/mol. The average Bonchev–Trinajstić information content (AvgIpc) is 3.02. The molecule has 0 radical (unpaired) electrons. The fourth-order valence-electron chi connectivity index (χ4n) is 2.91. The minimum atomic E-state index is -1.51. The van der Waals surface area contributed by atoms with Crippen LogP contribution in [0.3, 0.4) is 0 Å². The minimum absolute atomic E-state index is 0.377. The van der Waals surface area contributed by atoms with E-state index in [-0.39, 0.29) is 6.61 Å². The summed E-state index contributed by atoms with van der Waals surface area (Å²) in [5.41, 5.74) is 10.6. The Hall–Kier alpha value is -3.42. The van der Waals surface area contributed by atoms with E-state index >= 15 is 0 Å². The number of amides is 3. The van der Waals surface area contributed by atoms with Gasteiger partial charge in [0.05, 0.1) is 0 Å². The van der Waals surface area contributed by atoms with Crippen LogP contribution in [0, 0.1) is 0 Å². The first kappa shape index (κ1) is 21.9. The van der Waals surface area contributed by atoms with E-state index in [1.165, 1.54) is 0 Å². The maximum atomic E-state index is 12.3. The lowest BCUT2D eigenvalue weighted by Crippen LogP contribution is -2.51. The lowest BCUT2D eigenvalue weighted by atomic mass is 10.1. The van der Waals surface area contributed by atoms with Crippen molar-refractivity contribution in [3.8, 4) is 0 Å². The summed E-state index contributed by atoms with van der Waals surface area (Å²) in [5, 5.41) is 2.01. The summed E-state index contributed by atoms with van der Waals surface area (Å²) in [6.07, 6.45) is -6.65. The van der Waals surface area contributed by atoms with Crippen LogP contribution in [0.4, 0.5) is 4.79 Å². The molecule has 14 heteroatoms. The third-order valence-electron chi connectivity index (χ3n) is 3.85. The van der Waals surface area contributed by atoms with Crippen molar-refractivity contribution in [1.82, 2.24) is 10.2 Å². The highest BCUT2D eigenvalue weighted by molar-refractivity contribution is 6.05. The number of aliphatic imine (C=N–C) groups is 1. The summed E-state index contributed by atoms with van der Waals surface area (Å²) >= 11 is 0. The van der Waals surface area contributed by atoms with Crippen LogP contribution >= 0.6 is 0 Å². The van der Waals surface area contributed by atoms with Crippen molar-refractivity contribution in [2.45, 2.75) is 51.5 Å². The molecule has 0 aromatic carbocycles. The highest BCUT2D eigenvalue weighted by Gasteiger charge is 2.57. The first-order valence-corrected chi connectivity index (χ1v) is 8.36. The first-order chi connectivity index (χ1) is 13.5. The standard InChI is InChI=1S/C15H21N5O9/c1-5(21)26-4-8-9(27-6(2)22)10(28-7(3)23)13(29-8)20-11(18-14(16)17)12(24)19-15(20)25/h8-11,13H,4H2,1-3H3,(H4,16,17,18)(H,19,24,25)/t8-,9-,10-,11?,13-/m1/s1/i24+2. The molecule has 0 aromatic rings. The quantitative estimate of drug-likeness (QED) is 0.101. The van der Waals surface area contributed by atoms with Crippen LogP contribution in [0.15, 0.2) is 4.99 Å². The number of nitrogens with zero attached hydrogens (tertiary/aromatic N) is 2. The van der Waals surface area contributed by atoms with Crippen LogP contribution in [0.1, 0.15) is 20.8 Å². The molecule has 2 saturated heterocycles. The molecule has 0 saturated carbocycles. The number of rotatable bonds is 6. The molecule has 2 fully saturated rings. The van der Waals surface area contributed by atoms with E-state index in [0.29, 0.717) is 0 Å². The van der Waals surface area contributed by atoms with Gasteiger partial charge in [0.1, 0.15) is 12.7 Å². The van der Waals surface area contributed by atoms with Gasteiger partial charge in [0.2, 0.25) is 6.17 Å². The van der Waals surface area contributed by atoms with Crippen LogP contribution in [0.2, 0.25) is 0 Å². The molecule has 5 N–H and O–H groups in total. The van der Waals surface area contributed by atoms with E-state index in [0.717, 1.165) is 25.7 Å². The zero-order valence-corrected chi connectivity index (χ0v) is 15.8. The molecular weight excluding hydrogens is 396 g/mol. The van der Waals surface area contributed by atoms with Crippen molar-refractivity contribution in [2.24, 2.45) is 16.5 Å². The fraction of sp³-hybridized carbons (Fsp3) is 0.600. The van der Waals surface area contributed by atoms with E-state index in [1.54, 1.807) is 0 Å². The summed E-state index contributed by atoms with van der Waals surface area (Å²) in [7, 11) is 0. The third-order valence-corrected chi connectivity index (χ3v) is 3.85. The van der Waals surface area contributed by atoms with E-state index < -0.39 is 66.5 Å². The number of hydrogen-bond acceptors (Lipinski definition) is 10. The normalized spacial score (nSPS) is 28.5. The molecule has 1 unspecified atom stereocenters. The number of carbonyl (C=O) groups excluding carboxylic acids is 5. The summed E-state index contributed by atoms with van der Waals surface area (Å²) in [6.45, 7) is 2.97. The van der Waals surface area contributed by atoms with Crippen LogP contribution in [0.5, 0.6) is 0 Å². The summed E-state index contributed by atoms with van der Waals surface area (Å²) in [5.74, 6) is -3.50. The molecule has 5 atom stereocenters. The minimum Gasteiger partial charge on any atom is -0.463 e. The van der Waals surface area contributed by atoms with E-state index in [2.05, 4.69) is 4.99 Å². The SMILES string of the molecule is CC(=O)OC[C@H]1O[C@@H](N2C(=O)NC(=[18O])C2N=C(N)N)[C@H](OC(C)=O)[C@@H]1OC(C)=O. The number of imide groups is 1. The van der Waals surface area contributed by atoms with E-state index in [4.69, 9.17) is 30.4 Å². The second kappa shape index (κ2) is 8.72. The molecule has 0 spiro atoms. The van der Waals surface area contributed by atoms with Crippen molar-refractivity contribution >= 4 is 35.8 Å². The fourth-order valence-corrected chi connectivity index (χ4v) is 2.91. The smallest absolute Gasteiger partial charge is 0.328 e. The van der Waals surface area contributed by atoms with E-state index in [1.807, 2.05) is 5.32 Å². The van der Waals surface area contributed by atoms with Crippen LogP contribution in [-0.2, 0) is 38.1 Å². The number of hydrogen-bond donors (Lipinski definition) is 3. The Kier molecular flexibility index (Phi) is 6.58. The van der Waals surface area contributed by atoms with Gasteiger partial charge in [-0.25, -0.2) is 9.79 Å². The van der Waals surface area contributed by atoms with Crippen LogP contribution in [0.25, 0.3) is 0 Å². The summed E-state index contributed by atoms with van der Waals surface area (Å²) < 4.78 is 21.0. The second-order valence-electron chi connectivity index (χ2n) is 6.15. The van der Waals surface area contributed by atoms with E-state index in [9.17, 15) is 24.0 Å². The van der Waals surface area contributed by atoms with Crippen molar-refractivity contribution < 1.29 is 42.9 Å². The number of nitrogens with one attached hydrogen (secondary N) is 1. The number of esters is 3. The highest BCUT2D eigenvalue weighted by atomic mass is 18.1. The van der Waals surface area contributed by atoms with Crippen molar-refractivity contribution in [3.63, 3.8) is 0 Å². The summed E-state index contributed by atoms with van der Waals surface area (Å²) in [6, 6.07) is -0.929. The molecule has 3 amide bonds. The molecule has 0 aromatic heterocycles. The predicted molar refractivity (Wildman–Crippen MR) is 91.4 cm³/mol. The maximum absolute atomic E-state index is 12.3. The van der Waals surface area contributed by atoms with Gasteiger partial charge < -0.3 is 30.4 Å². The Bertz CT molecular complexity index is 750. The van der Waals surface area contributed by atoms with Gasteiger partial charge in [-0.2, -0.15) is 0 Å². The lowest BCUT2D eigenvalue weighted by Gasteiger charge is -2.29. The Labute approximate surface area is 164 Å². The van der Waals surface area contributed by atoms with Gasteiger partial charge in [-0.15, -0.1) is 0 Å². The second-order valence-corrected chi connectivity index (χ2v) is 6.15. The molecule has 2 aliphatic rings. The maximum Gasteiger partial charge on any atom is 0.328 e. The number of nitrogens with two attached hydrogens (primary N) is 2. The Morgan fingerprint density at radius 3 is 2.24 bits per heavy atom. The highest BCUT2D eigenvalue weighted by Crippen LogP contribution is 2.32. The molecule has 2 rings (SSSR count). The Morgan fingerprint density at radius 1 is 1.14 bits per heavy atom. The third kappa shape index (κ3) is 5.10. The molecule has 0 bridgehead atoms. The van der Waals surface area contributed by atoms with Gasteiger partial charge in [-0.1, -0.05) is 0 Å². The van der Waals surface area contributed by atoms with Gasteiger partial charge in [0, 0.05) is 20.8 Å². The monoisotopic (exact) mass is 417 g/mol. The predicted octanol–water partition coefficient (Wildman–Crippen LogP) is -2.71. The molecule has 2 heterocycles. The number of guanidine groups is 1. The molecular formula is C15H21N5O9. The molecule has 2 aliphatic heterocycles. The van der Waals surface area contributed by atoms with Crippen LogP contribution in [-0.4, -0.2) is 78.0 Å². The Balaban J connectivity index is 2.42. The van der Waals surface area contributed by atoms with Crippen molar-refractivity contribution in [1.29, 1.82) is 0 Å². The lowest BCUT2D eigenvalue weighted by molar-refractivity contribution is -0.167. The molecule has 14 nitrogen and oxygen atoms in total. The summed E-state index contributed by atoms with van der Waals surface area (Å²) in [4.78, 5) is 63.2. The van der Waals surface area contributed by atoms with Gasteiger partial charge in [0.15, 0.2) is 24.4 Å². The zero-order valence-electron chi connectivity index (χ0n) is 15.8. The Morgan fingerprint density at radius 2 is 1.72 bits per heavy atom. The topological polar surface area (TPSA) is 202 Å². The van der Waals surface area contributed by atoms with Crippen LogP contribution < -0.4 is 16.8 Å². The van der Waals surface area contributed by atoms with Gasteiger partial charge in [-0.3, -0.25) is 29.4 Å². The molecule has 160 valence electrons. The molecule has 0 aliphatic carbocycles. The van der Waals surface area contributed by atoms with Gasteiger partial charge >= 0.3 is 23.9 Å². The molecule has 29 heavy (non-hydrogen) atoms. The van der Waals surface area contributed by atoms with Gasteiger partial charge in [-0.05, 0) is 0 Å².